The van der Waals surface area contributed by atoms with Gasteiger partial charge in [0.2, 0.25) is 14.9 Å². The molecule has 1 aromatic heterocycles. The number of nitrogens with zero attached hydrogens (tertiary/aromatic N) is 1. The summed E-state index contributed by atoms with van der Waals surface area (Å²) in [5.74, 6) is 0.0759. The van der Waals surface area contributed by atoms with Crippen molar-refractivity contribution in [3.63, 3.8) is 0 Å². The summed E-state index contributed by atoms with van der Waals surface area (Å²) in [6.45, 7) is 7.67. The Morgan fingerprint density at radius 3 is 2.35 bits per heavy atom. The first-order chi connectivity index (χ1) is 16.2. The Labute approximate surface area is 201 Å². The molecule has 2 aromatic carbocycles. The van der Waals surface area contributed by atoms with Gasteiger partial charge in [-0.1, -0.05) is 55.8 Å². The molecule has 34 heavy (non-hydrogen) atoms. The predicted molar refractivity (Wildman–Crippen MR) is 130 cm³/mol. The lowest BCUT2D eigenvalue weighted by molar-refractivity contribution is 0.0480. The third kappa shape index (κ3) is 5.42. The van der Waals surface area contributed by atoms with Crippen LogP contribution in [0.3, 0.4) is 0 Å². The maximum atomic E-state index is 13.4. The van der Waals surface area contributed by atoms with E-state index in [1.54, 1.807) is 29.2 Å². The number of furan rings is 1. The van der Waals surface area contributed by atoms with Crippen LogP contribution in [0.2, 0.25) is 0 Å². The van der Waals surface area contributed by atoms with Gasteiger partial charge in [0.05, 0.1) is 11.0 Å². The largest absolute Gasteiger partial charge is 0.439 e. The lowest BCUT2D eigenvalue weighted by Gasteiger charge is -2.25. The van der Waals surface area contributed by atoms with Crippen molar-refractivity contribution >= 4 is 15.7 Å². The molecule has 1 aliphatic rings. The summed E-state index contributed by atoms with van der Waals surface area (Å²) < 4.78 is 37.3. The number of hydrogen-bond donors (Lipinski definition) is 0. The molecule has 0 radical (unpaired) electrons. The maximum absolute atomic E-state index is 13.4. The van der Waals surface area contributed by atoms with Crippen LogP contribution in [0.1, 0.15) is 59.9 Å². The molecule has 7 heteroatoms. The first kappa shape index (κ1) is 24.2. The van der Waals surface area contributed by atoms with Gasteiger partial charge in [0.1, 0.15) is 0 Å². The third-order valence-corrected chi connectivity index (χ3v) is 7.79. The molecule has 1 aliphatic heterocycles. The summed E-state index contributed by atoms with van der Waals surface area (Å²) >= 11 is 0. The van der Waals surface area contributed by atoms with Crippen LogP contribution < -0.4 is 0 Å². The van der Waals surface area contributed by atoms with Gasteiger partial charge in [-0.15, -0.1) is 0 Å². The molecule has 0 spiro atoms. The van der Waals surface area contributed by atoms with Gasteiger partial charge in [-0.25, -0.2) is 8.42 Å². The minimum atomic E-state index is -3.85. The predicted octanol–water partition coefficient (Wildman–Crippen LogP) is 5.37. The van der Waals surface area contributed by atoms with Crippen molar-refractivity contribution < 1.29 is 22.4 Å². The van der Waals surface area contributed by atoms with E-state index in [0.29, 0.717) is 25.6 Å². The Morgan fingerprint density at radius 1 is 1.03 bits per heavy atom. The second-order valence-corrected chi connectivity index (χ2v) is 11.0. The molecule has 1 amide bonds. The molecule has 1 unspecified atom stereocenters. The smallest absolute Gasteiger partial charge is 0.290 e. The SMILES string of the molecule is Cc1ccc(S(=O)(=O)c2ccc(C(=O)N(Cc3ccc(C(C)C)cc3)CC3CCCO3)o2)cc1. The summed E-state index contributed by atoms with van der Waals surface area (Å²) in [5, 5.41) is -0.238. The van der Waals surface area contributed by atoms with Crippen LogP contribution in [-0.4, -0.2) is 38.5 Å². The van der Waals surface area contributed by atoms with Crippen molar-refractivity contribution in [2.45, 2.75) is 62.2 Å². The quantitative estimate of drug-likeness (QED) is 0.433. The Morgan fingerprint density at radius 2 is 1.74 bits per heavy atom. The standard InChI is InChI=1S/C27H31NO5S/c1-19(2)22-10-8-21(9-11-22)17-28(18-23-5-4-16-32-23)27(29)25-14-15-26(33-25)34(30,31)24-12-6-20(3)7-13-24/h6-15,19,23H,4-5,16-18H2,1-3H3. The molecule has 3 aromatic rings. The van der Waals surface area contributed by atoms with Gasteiger partial charge in [-0.2, -0.15) is 0 Å². The number of benzene rings is 2. The van der Waals surface area contributed by atoms with Crippen LogP contribution in [0.15, 0.2) is 75.1 Å². The zero-order chi connectivity index (χ0) is 24.3. The van der Waals surface area contributed by atoms with Gasteiger partial charge >= 0.3 is 0 Å². The van der Waals surface area contributed by atoms with Crippen molar-refractivity contribution in [1.82, 2.24) is 4.90 Å². The van der Waals surface area contributed by atoms with Crippen LogP contribution >= 0.6 is 0 Å². The van der Waals surface area contributed by atoms with Crippen LogP contribution in [0.4, 0.5) is 0 Å². The molecule has 4 rings (SSSR count). The highest BCUT2D eigenvalue weighted by Gasteiger charge is 2.28. The van der Waals surface area contributed by atoms with E-state index in [-0.39, 0.29) is 27.8 Å². The van der Waals surface area contributed by atoms with E-state index in [9.17, 15) is 13.2 Å². The van der Waals surface area contributed by atoms with Gasteiger partial charge in [-0.05, 0) is 61.1 Å². The monoisotopic (exact) mass is 481 g/mol. The molecule has 0 N–H and O–H groups in total. The van der Waals surface area contributed by atoms with Crippen molar-refractivity contribution in [3.8, 4) is 0 Å². The molecule has 2 heterocycles. The molecule has 0 bridgehead atoms. The van der Waals surface area contributed by atoms with E-state index in [2.05, 4.69) is 26.0 Å². The third-order valence-electron chi connectivity index (χ3n) is 6.14. The van der Waals surface area contributed by atoms with Gasteiger partial charge in [0.15, 0.2) is 5.76 Å². The fraction of sp³-hybridized carbons (Fsp3) is 0.370. The van der Waals surface area contributed by atoms with E-state index in [4.69, 9.17) is 9.15 Å². The molecule has 1 fully saturated rings. The number of rotatable bonds is 8. The van der Waals surface area contributed by atoms with Gasteiger partial charge < -0.3 is 14.1 Å². The Hall–Kier alpha value is -2.90. The van der Waals surface area contributed by atoms with Gasteiger partial charge in [0, 0.05) is 19.7 Å². The zero-order valence-corrected chi connectivity index (χ0v) is 20.7. The van der Waals surface area contributed by atoms with Crippen LogP contribution in [0, 0.1) is 6.92 Å². The fourth-order valence-electron chi connectivity index (χ4n) is 4.05. The highest BCUT2D eigenvalue weighted by atomic mass is 32.2. The number of aryl methyl sites for hydroxylation is 1. The van der Waals surface area contributed by atoms with Crippen LogP contribution in [-0.2, 0) is 21.1 Å². The second kappa shape index (κ2) is 10.2. The van der Waals surface area contributed by atoms with Gasteiger partial charge in [-0.3, -0.25) is 4.79 Å². The van der Waals surface area contributed by atoms with E-state index in [0.717, 1.165) is 24.0 Å². The van der Waals surface area contributed by atoms with Crippen molar-refractivity contribution in [3.05, 3.63) is 83.1 Å². The first-order valence-electron chi connectivity index (χ1n) is 11.7. The van der Waals surface area contributed by atoms with Gasteiger partial charge in [0.25, 0.3) is 5.91 Å². The van der Waals surface area contributed by atoms with Crippen molar-refractivity contribution in [2.75, 3.05) is 13.2 Å². The summed E-state index contributed by atoms with van der Waals surface area (Å²) in [6, 6.07) is 17.5. The summed E-state index contributed by atoms with van der Waals surface area (Å²) in [5.41, 5.74) is 3.19. The highest BCUT2D eigenvalue weighted by molar-refractivity contribution is 7.91. The maximum Gasteiger partial charge on any atom is 0.290 e. The topological polar surface area (TPSA) is 76.8 Å². The van der Waals surface area contributed by atoms with Crippen molar-refractivity contribution in [1.29, 1.82) is 0 Å². The lowest BCUT2D eigenvalue weighted by atomic mass is 10.0. The minimum absolute atomic E-state index is 0.00230. The molecule has 0 aliphatic carbocycles. The fourth-order valence-corrected chi connectivity index (χ4v) is 5.22. The molecule has 1 atom stereocenters. The second-order valence-electron chi connectivity index (χ2n) is 9.15. The summed E-state index contributed by atoms with van der Waals surface area (Å²) in [6.07, 6.45) is 1.82. The number of sulfone groups is 1. The van der Waals surface area contributed by atoms with Crippen molar-refractivity contribution in [2.24, 2.45) is 0 Å². The summed E-state index contributed by atoms with van der Waals surface area (Å²) in [4.78, 5) is 15.2. The Bertz CT molecular complexity index is 1220. The molecule has 1 saturated heterocycles. The number of carbonyl (C=O) groups is 1. The average Bonchev–Trinajstić information content (AvgIpc) is 3.52. The number of carbonyl (C=O) groups excluding carboxylic acids is 1. The minimum Gasteiger partial charge on any atom is -0.439 e. The van der Waals surface area contributed by atoms with Crippen LogP contribution in [0.5, 0.6) is 0 Å². The van der Waals surface area contributed by atoms with E-state index in [1.807, 2.05) is 19.1 Å². The van der Waals surface area contributed by atoms with Crippen LogP contribution in [0.25, 0.3) is 0 Å². The number of hydrogen-bond acceptors (Lipinski definition) is 5. The molecular weight excluding hydrogens is 450 g/mol. The first-order valence-corrected chi connectivity index (χ1v) is 13.1. The number of amides is 1. The normalized spacial score (nSPS) is 16.2. The average molecular weight is 482 g/mol. The molecule has 6 nitrogen and oxygen atoms in total. The Kier molecular flexibility index (Phi) is 7.24. The van der Waals surface area contributed by atoms with E-state index < -0.39 is 9.84 Å². The van der Waals surface area contributed by atoms with E-state index in [1.165, 1.54) is 17.7 Å². The lowest BCUT2D eigenvalue weighted by Crippen LogP contribution is -2.36. The van der Waals surface area contributed by atoms with E-state index >= 15 is 0 Å². The summed E-state index contributed by atoms with van der Waals surface area (Å²) in [7, 11) is -3.85. The highest BCUT2D eigenvalue weighted by Crippen LogP contribution is 2.25. The number of ether oxygens (including phenoxy) is 1. The zero-order valence-electron chi connectivity index (χ0n) is 19.9. The molecule has 180 valence electrons. The molecular formula is C27H31NO5S. The molecule has 0 saturated carbocycles. The Balaban J connectivity index is 1.57.